The summed E-state index contributed by atoms with van der Waals surface area (Å²) in [6, 6.07) is 6.10. The molecule has 6 nitrogen and oxygen atoms in total. The minimum absolute atomic E-state index is 0.00151. The highest BCUT2D eigenvalue weighted by atomic mass is 35.5. The molecule has 1 heterocycles. The van der Waals surface area contributed by atoms with Crippen LogP contribution in [0.15, 0.2) is 24.3 Å². The van der Waals surface area contributed by atoms with E-state index in [-0.39, 0.29) is 16.7 Å². The highest BCUT2D eigenvalue weighted by Crippen LogP contribution is 2.30. The van der Waals surface area contributed by atoms with Gasteiger partial charge in [-0.3, -0.25) is 10.1 Å². The lowest BCUT2D eigenvalue weighted by molar-refractivity contribution is -0.385. The quantitative estimate of drug-likeness (QED) is 0.488. The van der Waals surface area contributed by atoms with Crippen LogP contribution in [0.2, 0.25) is 5.15 Å². The molecule has 7 heteroatoms. The topological polar surface area (TPSA) is 78.2 Å². The minimum atomic E-state index is -0.452. The van der Waals surface area contributed by atoms with E-state index in [4.69, 9.17) is 16.3 Å². The Kier molecular flexibility index (Phi) is 4.14. The number of aromatic nitrogens is 2. The maximum atomic E-state index is 10.9. The van der Waals surface area contributed by atoms with Gasteiger partial charge in [0, 0.05) is 18.6 Å². The lowest BCUT2D eigenvalue weighted by Crippen LogP contribution is -1.98. The molecule has 0 bridgehead atoms. The van der Waals surface area contributed by atoms with Crippen molar-refractivity contribution in [2.24, 2.45) is 0 Å². The van der Waals surface area contributed by atoms with Crippen molar-refractivity contribution >= 4 is 17.3 Å². The first-order valence-electron chi connectivity index (χ1n) is 5.96. The summed E-state index contributed by atoms with van der Waals surface area (Å²) in [6.07, 6.45) is 0.616. The molecule has 0 unspecified atom stereocenters. The molecule has 2 aromatic rings. The smallest absolute Gasteiger partial charge is 0.276 e. The molecule has 0 fully saturated rings. The fourth-order valence-corrected chi connectivity index (χ4v) is 1.87. The van der Waals surface area contributed by atoms with Gasteiger partial charge in [0.05, 0.1) is 10.5 Å². The lowest BCUT2D eigenvalue weighted by atomic mass is 10.2. The van der Waals surface area contributed by atoms with Crippen LogP contribution in [-0.4, -0.2) is 14.9 Å². The van der Waals surface area contributed by atoms with Gasteiger partial charge in [0.2, 0.25) is 5.88 Å². The van der Waals surface area contributed by atoms with Crippen LogP contribution in [0.1, 0.15) is 18.3 Å². The van der Waals surface area contributed by atoms with Crippen LogP contribution in [0, 0.1) is 17.0 Å². The second-order valence-corrected chi connectivity index (χ2v) is 4.45. The van der Waals surface area contributed by atoms with Crippen LogP contribution < -0.4 is 4.74 Å². The summed E-state index contributed by atoms with van der Waals surface area (Å²) in [7, 11) is 0. The van der Waals surface area contributed by atoms with Gasteiger partial charge in [-0.2, -0.15) is 4.98 Å². The van der Waals surface area contributed by atoms with Gasteiger partial charge in [-0.05, 0) is 13.0 Å². The number of nitro benzene ring substituents is 1. The summed E-state index contributed by atoms with van der Waals surface area (Å²) in [5.41, 5.74) is 0.434. The van der Waals surface area contributed by atoms with Crippen molar-refractivity contribution in [2.75, 3.05) is 0 Å². The van der Waals surface area contributed by atoms with Crippen LogP contribution in [0.25, 0.3) is 0 Å². The maximum Gasteiger partial charge on any atom is 0.276 e. The molecule has 20 heavy (non-hydrogen) atoms. The predicted octanol–water partition coefficient (Wildman–Crippen LogP) is 3.70. The normalized spacial score (nSPS) is 10.3. The first kappa shape index (κ1) is 14.2. The predicted molar refractivity (Wildman–Crippen MR) is 74.3 cm³/mol. The number of hydrogen-bond donors (Lipinski definition) is 0. The summed E-state index contributed by atoms with van der Waals surface area (Å²) >= 11 is 5.88. The van der Waals surface area contributed by atoms with Gasteiger partial charge in [0.25, 0.3) is 5.69 Å². The summed E-state index contributed by atoms with van der Waals surface area (Å²) in [6.45, 7) is 3.52. The number of halogens is 1. The number of aryl methyl sites for hydroxylation is 1. The van der Waals surface area contributed by atoms with Crippen molar-refractivity contribution < 1.29 is 9.66 Å². The molecular formula is C13H12ClN3O3. The molecule has 0 aliphatic heterocycles. The summed E-state index contributed by atoms with van der Waals surface area (Å²) < 4.78 is 5.58. The van der Waals surface area contributed by atoms with E-state index in [9.17, 15) is 10.1 Å². The van der Waals surface area contributed by atoms with Crippen LogP contribution in [0.5, 0.6) is 11.6 Å². The van der Waals surface area contributed by atoms with Crippen molar-refractivity contribution in [2.45, 2.75) is 20.3 Å². The van der Waals surface area contributed by atoms with Crippen molar-refractivity contribution in [3.63, 3.8) is 0 Å². The van der Waals surface area contributed by atoms with Gasteiger partial charge in [-0.15, -0.1) is 0 Å². The van der Waals surface area contributed by atoms with E-state index in [0.29, 0.717) is 23.6 Å². The number of rotatable bonds is 4. The molecule has 0 spiro atoms. The van der Waals surface area contributed by atoms with Crippen LogP contribution in [0.3, 0.4) is 0 Å². The third-order valence-corrected chi connectivity index (χ3v) is 2.89. The van der Waals surface area contributed by atoms with E-state index in [1.165, 1.54) is 12.1 Å². The molecule has 1 aromatic heterocycles. The number of benzene rings is 1. The van der Waals surface area contributed by atoms with Crippen molar-refractivity contribution in [3.05, 3.63) is 50.9 Å². The Labute approximate surface area is 120 Å². The third kappa shape index (κ3) is 3.03. The maximum absolute atomic E-state index is 10.9. The summed E-state index contributed by atoms with van der Waals surface area (Å²) in [4.78, 5) is 18.6. The van der Waals surface area contributed by atoms with Gasteiger partial charge in [-0.25, -0.2) is 4.98 Å². The second kappa shape index (κ2) is 5.83. The van der Waals surface area contributed by atoms with Gasteiger partial charge in [0.15, 0.2) is 0 Å². The largest absolute Gasteiger partial charge is 0.438 e. The van der Waals surface area contributed by atoms with E-state index >= 15 is 0 Å². The molecule has 2 rings (SSSR count). The molecule has 0 amide bonds. The monoisotopic (exact) mass is 293 g/mol. The fourth-order valence-electron chi connectivity index (χ4n) is 1.68. The van der Waals surface area contributed by atoms with Gasteiger partial charge < -0.3 is 4.74 Å². The molecule has 0 aliphatic rings. The Hall–Kier alpha value is -2.21. The zero-order valence-electron chi connectivity index (χ0n) is 11.0. The average Bonchev–Trinajstić information content (AvgIpc) is 2.40. The van der Waals surface area contributed by atoms with Gasteiger partial charge >= 0.3 is 0 Å². The Bertz CT molecular complexity index is 661. The van der Waals surface area contributed by atoms with E-state index in [0.717, 1.165) is 0 Å². The fraction of sp³-hybridized carbons (Fsp3) is 0.231. The standard InChI is InChI=1S/C13H12ClN3O3/c1-3-12-15-11(14)7-13(16-12)20-10-6-4-5-9(8(10)2)17(18)19/h4-7H,3H2,1-2H3. The van der Waals surface area contributed by atoms with Gasteiger partial charge in [0.1, 0.15) is 16.7 Å². The number of nitrogens with zero attached hydrogens (tertiary/aromatic N) is 3. The minimum Gasteiger partial charge on any atom is -0.438 e. The van der Waals surface area contributed by atoms with E-state index in [2.05, 4.69) is 9.97 Å². The van der Waals surface area contributed by atoms with Crippen LogP contribution >= 0.6 is 11.6 Å². The number of hydrogen-bond acceptors (Lipinski definition) is 5. The lowest BCUT2D eigenvalue weighted by Gasteiger charge is -2.09. The third-order valence-electron chi connectivity index (χ3n) is 2.70. The molecule has 104 valence electrons. The van der Waals surface area contributed by atoms with E-state index in [1.54, 1.807) is 19.1 Å². The van der Waals surface area contributed by atoms with Crippen LogP contribution in [0.4, 0.5) is 5.69 Å². The zero-order valence-corrected chi connectivity index (χ0v) is 11.7. The van der Waals surface area contributed by atoms with Crippen molar-refractivity contribution in [1.82, 2.24) is 9.97 Å². The molecule has 0 atom stereocenters. The first-order valence-corrected chi connectivity index (χ1v) is 6.34. The molecule has 0 radical (unpaired) electrons. The molecule has 0 saturated heterocycles. The van der Waals surface area contributed by atoms with Crippen molar-refractivity contribution in [3.8, 4) is 11.6 Å². The second-order valence-electron chi connectivity index (χ2n) is 4.06. The van der Waals surface area contributed by atoms with Crippen molar-refractivity contribution in [1.29, 1.82) is 0 Å². The highest BCUT2D eigenvalue weighted by molar-refractivity contribution is 6.29. The van der Waals surface area contributed by atoms with Gasteiger partial charge in [-0.1, -0.05) is 24.6 Å². The van der Waals surface area contributed by atoms with E-state index < -0.39 is 4.92 Å². The molecule has 0 aliphatic carbocycles. The molecule has 1 aromatic carbocycles. The Morgan fingerprint density at radius 2 is 2.15 bits per heavy atom. The Morgan fingerprint density at radius 3 is 2.80 bits per heavy atom. The zero-order chi connectivity index (χ0) is 14.7. The Balaban J connectivity index is 2.37. The molecule has 0 saturated carbocycles. The first-order chi connectivity index (χ1) is 9.51. The number of ether oxygens (including phenoxy) is 1. The average molecular weight is 294 g/mol. The summed E-state index contributed by atoms with van der Waals surface area (Å²) in [5, 5.41) is 11.2. The molecular weight excluding hydrogens is 282 g/mol. The molecule has 0 N–H and O–H groups in total. The Morgan fingerprint density at radius 1 is 1.40 bits per heavy atom. The van der Waals surface area contributed by atoms with Crippen LogP contribution in [-0.2, 0) is 6.42 Å². The van der Waals surface area contributed by atoms with E-state index in [1.807, 2.05) is 6.92 Å². The SMILES string of the molecule is CCc1nc(Cl)cc(Oc2cccc([N+](=O)[O-])c2C)n1. The number of nitro groups is 1. The highest BCUT2D eigenvalue weighted by Gasteiger charge is 2.15. The summed E-state index contributed by atoms with van der Waals surface area (Å²) in [5.74, 6) is 1.19.